The fraction of sp³-hybridized carbons (Fsp3) is 0.708. The van der Waals surface area contributed by atoms with E-state index in [1.165, 1.54) is 0 Å². The van der Waals surface area contributed by atoms with Gasteiger partial charge in [0.15, 0.2) is 17.5 Å². The van der Waals surface area contributed by atoms with Crippen molar-refractivity contribution in [3.63, 3.8) is 0 Å². The van der Waals surface area contributed by atoms with Crippen molar-refractivity contribution in [3.05, 3.63) is 23.4 Å². The summed E-state index contributed by atoms with van der Waals surface area (Å²) in [4.78, 5) is 13.8. The van der Waals surface area contributed by atoms with E-state index < -0.39 is 0 Å². The number of nitrogens with zero attached hydrogens (tertiary/aromatic N) is 5. The molecule has 33 heavy (non-hydrogen) atoms. The van der Waals surface area contributed by atoms with Crippen molar-refractivity contribution >= 4 is 17.5 Å². The topological polar surface area (TPSA) is 82.2 Å². The van der Waals surface area contributed by atoms with E-state index in [4.69, 9.17) is 4.74 Å². The Bertz CT molecular complexity index is 1030. The molecule has 0 spiro atoms. The van der Waals surface area contributed by atoms with Crippen molar-refractivity contribution < 1.29 is 9.13 Å². The van der Waals surface area contributed by atoms with Gasteiger partial charge in [0, 0.05) is 49.8 Å². The first-order chi connectivity index (χ1) is 15.8. The minimum absolute atomic E-state index is 0.121. The Kier molecular flexibility index (Phi) is 4.92. The second-order valence-corrected chi connectivity index (χ2v) is 11.4. The molecule has 0 radical (unpaired) electrons. The first-order valence-electron chi connectivity index (χ1n) is 12.3. The summed E-state index contributed by atoms with van der Waals surface area (Å²) in [6.45, 7) is 11.6. The third-order valence-corrected chi connectivity index (χ3v) is 7.84. The van der Waals surface area contributed by atoms with Crippen molar-refractivity contribution in [3.8, 4) is 0 Å². The van der Waals surface area contributed by atoms with E-state index >= 15 is 4.39 Å². The van der Waals surface area contributed by atoms with Gasteiger partial charge in [0.05, 0.1) is 18.8 Å². The van der Waals surface area contributed by atoms with Gasteiger partial charge in [0.25, 0.3) is 0 Å². The van der Waals surface area contributed by atoms with Crippen LogP contribution in [0, 0.1) is 11.2 Å². The van der Waals surface area contributed by atoms with Gasteiger partial charge in [0.1, 0.15) is 5.82 Å². The number of hydrogen-bond donors (Lipinski definition) is 2. The maximum atomic E-state index is 15.7. The van der Waals surface area contributed by atoms with Crippen LogP contribution in [0.1, 0.15) is 69.8 Å². The molecular formula is C24H34FN7O. The van der Waals surface area contributed by atoms with Gasteiger partial charge in [-0.15, -0.1) is 0 Å². The fourth-order valence-corrected chi connectivity index (χ4v) is 5.53. The van der Waals surface area contributed by atoms with Crippen LogP contribution in [-0.2, 0) is 4.74 Å². The standard InChI is InChI=1S/C24H34FN7O/c1-23(2)11-16(12-23)17-10-18(30-29-17)26-21-19(25)22(28-20(27-21)15-4-5-15)31-6-8-32(9-7-31)24(3)13-33-14-24/h10,15-16H,4-9,11-14H2,1-3H3,(H2,26,27,28,29,30). The second-order valence-electron chi connectivity index (χ2n) is 11.4. The number of piperazine rings is 1. The minimum atomic E-state index is -0.389. The lowest BCUT2D eigenvalue weighted by atomic mass is 9.63. The Labute approximate surface area is 194 Å². The predicted octanol–water partition coefficient (Wildman–Crippen LogP) is 3.77. The molecule has 2 saturated carbocycles. The predicted molar refractivity (Wildman–Crippen MR) is 125 cm³/mol. The van der Waals surface area contributed by atoms with Crippen molar-refractivity contribution in [2.75, 3.05) is 49.6 Å². The zero-order valence-electron chi connectivity index (χ0n) is 19.8. The number of hydrogen-bond acceptors (Lipinski definition) is 7. The van der Waals surface area contributed by atoms with E-state index in [2.05, 4.69) is 56.1 Å². The maximum absolute atomic E-state index is 15.7. The smallest absolute Gasteiger partial charge is 0.208 e. The zero-order valence-corrected chi connectivity index (χ0v) is 19.8. The maximum Gasteiger partial charge on any atom is 0.208 e. The number of anilines is 3. The van der Waals surface area contributed by atoms with Crippen LogP contribution in [0.3, 0.4) is 0 Å². The van der Waals surface area contributed by atoms with E-state index in [0.717, 1.165) is 76.6 Å². The molecule has 2 N–H and O–H groups in total. The normalized spacial score (nSPS) is 24.9. The van der Waals surface area contributed by atoms with Crippen LogP contribution in [0.15, 0.2) is 6.07 Å². The number of halogens is 1. The SMILES string of the molecule is CC1(C)CC(c2cc(Nc3nc(C4CC4)nc(N4CCN(C5(C)COC5)CC4)c3F)n[nH]2)C1. The molecular weight excluding hydrogens is 421 g/mol. The molecule has 0 atom stereocenters. The summed E-state index contributed by atoms with van der Waals surface area (Å²) in [7, 11) is 0. The molecule has 2 aliphatic carbocycles. The number of aromatic nitrogens is 4. The van der Waals surface area contributed by atoms with E-state index in [-0.39, 0.29) is 17.2 Å². The highest BCUT2D eigenvalue weighted by molar-refractivity contribution is 5.59. The van der Waals surface area contributed by atoms with Gasteiger partial charge in [0.2, 0.25) is 5.82 Å². The van der Waals surface area contributed by atoms with Crippen LogP contribution in [0.2, 0.25) is 0 Å². The summed E-state index contributed by atoms with van der Waals surface area (Å²) in [5.74, 6) is 2.45. The molecule has 4 aliphatic rings. The van der Waals surface area contributed by atoms with E-state index in [0.29, 0.717) is 28.9 Å². The molecule has 2 saturated heterocycles. The molecule has 8 nitrogen and oxygen atoms in total. The lowest BCUT2D eigenvalue weighted by Crippen LogP contribution is -2.64. The molecule has 0 amide bonds. The Morgan fingerprint density at radius 2 is 1.79 bits per heavy atom. The first-order valence-corrected chi connectivity index (χ1v) is 12.3. The molecule has 0 unspecified atom stereocenters. The molecule has 178 valence electrons. The molecule has 0 bridgehead atoms. The van der Waals surface area contributed by atoms with Gasteiger partial charge in [-0.3, -0.25) is 10.00 Å². The fourth-order valence-electron chi connectivity index (χ4n) is 5.53. The first kappa shape index (κ1) is 21.3. The molecule has 4 fully saturated rings. The average molecular weight is 456 g/mol. The molecule has 4 heterocycles. The summed E-state index contributed by atoms with van der Waals surface area (Å²) in [6, 6.07) is 2.00. The van der Waals surface area contributed by atoms with Gasteiger partial charge in [-0.1, -0.05) is 13.8 Å². The lowest BCUT2D eigenvalue weighted by molar-refractivity contribution is -0.131. The van der Waals surface area contributed by atoms with Crippen LogP contribution >= 0.6 is 0 Å². The minimum Gasteiger partial charge on any atom is -0.377 e. The summed E-state index contributed by atoms with van der Waals surface area (Å²) < 4.78 is 21.1. The number of ether oxygens (including phenoxy) is 1. The van der Waals surface area contributed by atoms with E-state index in [1.54, 1.807) is 0 Å². The van der Waals surface area contributed by atoms with Crippen molar-refractivity contribution in [2.45, 2.75) is 63.8 Å². The molecule has 2 aliphatic heterocycles. The number of rotatable bonds is 6. The largest absolute Gasteiger partial charge is 0.377 e. The Morgan fingerprint density at radius 3 is 2.39 bits per heavy atom. The average Bonchev–Trinajstić information content (AvgIpc) is 3.51. The monoisotopic (exact) mass is 455 g/mol. The molecule has 2 aromatic rings. The summed E-state index contributed by atoms with van der Waals surface area (Å²) >= 11 is 0. The lowest BCUT2D eigenvalue weighted by Gasteiger charge is -2.50. The molecule has 9 heteroatoms. The zero-order chi connectivity index (χ0) is 22.8. The van der Waals surface area contributed by atoms with E-state index in [1.807, 2.05) is 6.07 Å². The quantitative estimate of drug-likeness (QED) is 0.686. The Morgan fingerprint density at radius 1 is 1.06 bits per heavy atom. The molecule has 2 aromatic heterocycles. The summed E-state index contributed by atoms with van der Waals surface area (Å²) in [5.41, 5.74) is 1.62. The highest BCUT2D eigenvalue weighted by Gasteiger charge is 2.41. The molecule has 6 rings (SSSR count). The summed E-state index contributed by atoms with van der Waals surface area (Å²) in [6.07, 6.45) is 4.43. The molecule has 0 aromatic carbocycles. The van der Waals surface area contributed by atoms with Crippen LogP contribution in [0.4, 0.5) is 21.8 Å². The Hall–Kier alpha value is -2.26. The number of H-pyrrole nitrogens is 1. The van der Waals surface area contributed by atoms with Gasteiger partial charge < -0.3 is 15.0 Å². The number of aromatic amines is 1. The third-order valence-electron chi connectivity index (χ3n) is 7.84. The van der Waals surface area contributed by atoms with Gasteiger partial charge in [-0.2, -0.15) is 9.49 Å². The van der Waals surface area contributed by atoms with Crippen molar-refractivity contribution in [1.29, 1.82) is 0 Å². The highest BCUT2D eigenvalue weighted by atomic mass is 19.1. The second kappa shape index (κ2) is 7.63. The van der Waals surface area contributed by atoms with Crippen LogP contribution in [0.25, 0.3) is 0 Å². The van der Waals surface area contributed by atoms with E-state index in [9.17, 15) is 0 Å². The van der Waals surface area contributed by atoms with Crippen LogP contribution in [0.5, 0.6) is 0 Å². The van der Waals surface area contributed by atoms with Crippen LogP contribution < -0.4 is 10.2 Å². The van der Waals surface area contributed by atoms with Gasteiger partial charge in [-0.25, -0.2) is 9.97 Å². The Balaban J connectivity index is 1.20. The third kappa shape index (κ3) is 3.99. The van der Waals surface area contributed by atoms with Crippen LogP contribution in [-0.4, -0.2) is 70.0 Å². The van der Waals surface area contributed by atoms with Crippen molar-refractivity contribution in [1.82, 2.24) is 25.1 Å². The highest BCUT2D eigenvalue weighted by Crippen LogP contribution is 2.50. The summed E-state index contributed by atoms with van der Waals surface area (Å²) in [5, 5.41) is 10.7. The van der Waals surface area contributed by atoms with Gasteiger partial charge in [-0.05, 0) is 38.0 Å². The van der Waals surface area contributed by atoms with Gasteiger partial charge >= 0.3 is 0 Å². The number of nitrogens with one attached hydrogen (secondary N) is 2. The van der Waals surface area contributed by atoms with Crippen molar-refractivity contribution in [2.24, 2.45) is 5.41 Å².